The molecule has 2 saturated heterocycles. The molecule has 3 heterocycles. The average Bonchev–Trinajstić information content (AvgIpc) is 3.19. The van der Waals surface area contributed by atoms with E-state index in [-0.39, 0.29) is 5.41 Å². The number of nitrogens with zero attached hydrogens (tertiary/aromatic N) is 3. The van der Waals surface area contributed by atoms with Crippen LogP contribution in [0.1, 0.15) is 48.2 Å². The van der Waals surface area contributed by atoms with Crippen LogP contribution in [0.4, 0.5) is 5.95 Å². The van der Waals surface area contributed by atoms with E-state index in [9.17, 15) is 0 Å². The second-order valence-corrected chi connectivity index (χ2v) is 10.8. The molecule has 5 aliphatic rings. The van der Waals surface area contributed by atoms with Crippen molar-refractivity contribution in [2.75, 3.05) is 25.1 Å². The van der Waals surface area contributed by atoms with Gasteiger partial charge >= 0.3 is 0 Å². The Balaban J connectivity index is 1.40. The first kappa shape index (κ1) is 18.4. The maximum atomic E-state index is 5.72. The van der Waals surface area contributed by atoms with E-state index < -0.39 is 0 Å². The molecule has 4 bridgehead atoms. The van der Waals surface area contributed by atoms with Gasteiger partial charge in [-0.25, -0.2) is 9.97 Å². The van der Waals surface area contributed by atoms with Gasteiger partial charge in [-0.2, -0.15) is 0 Å². The maximum Gasteiger partial charge on any atom is 0.226 e. The lowest BCUT2D eigenvalue weighted by Gasteiger charge is -2.64. The van der Waals surface area contributed by atoms with Gasteiger partial charge in [-0.1, -0.05) is 6.07 Å². The predicted octanol–water partition coefficient (Wildman–Crippen LogP) is 3.56. The summed E-state index contributed by atoms with van der Waals surface area (Å²) in [5.41, 5.74) is 6.01. The summed E-state index contributed by atoms with van der Waals surface area (Å²) in [6.07, 6.45) is 6.37. The van der Waals surface area contributed by atoms with Crippen LogP contribution in [-0.2, 0) is 11.8 Å². The zero-order chi connectivity index (χ0) is 21.0. The van der Waals surface area contributed by atoms with Gasteiger partial charge in [-0.05, 0) is 99.1 Å². The number of hydrogen-bond acceptors (Lipinski definition) is 5. The number of aryl methyl sites for hydroxylation is 2. The van der Waals surface area contributed by atoms with Crippen LogP contribution in [0.25, 0.3) is 0 Å². The Bertz CT molecular complexity index is 1060. The molecule has 0 radical (unpaired) electrons. The smallest absolute Gasteiger partial charge is 0.226 e. The number of benzene rings is 1. The van der Waals surface area contributed by atoms with E-state index in [1.165, 1.54) is 32.1 Å². The van der Waals surface area contributed by atoms with Crippen LogP contribution < -0.4 is 15.0 Å². The summed E-state index contributed by atoms with van der Waals surface area (Å²) in [5, 5.41) is 3.98. The van der Waals surface area contributed by atoms with Crippen molar-refractivity contribution in [2.24, 2.45) is 17.3 Å². The van der Waals surface area contributed by atoms with Crippen LogP contribution in [0.5, 0.6) is 5.75 Å². The molecular formula is C26H32N4O. The molecule has 1 aromatic heterocycles. The SMILES string of the molecule is COc1ccc2c(c1)[C@]13CCN[C@H](C2)[C@]12CC[C@@H]1[C@H]3[C@@H](CN1c1nc(C)cc(C)n1)C2. The minimum Gasteiger partial charge on any atom is -0.497 e. The van der Waals surface area contributed by atoms with Crippen molar-refractivity contribution in [3.63, 3.8) is 0 Å². The summed E-state index contributed by atoms with van der Waals surface area (Å²) < 4.78 is 5.72. The van der Waals surface area contributed by atoms with Gasteiger partial charge in [0.2, 0.25) is 5.95 Å². The third-order valence-corrected chi connectivity index (χ3v) is 9.75. The van der Waals surface area contributed by atoms with Gasteiger partial charge in [0, 0.05) is 35.4 Å². The number of fused-ring (bicyclic) bond motifs is 1. The minimum atomic E-state index is 0.270. The standard InChI is InChI=1S/C26H32N4O/c1-15-10-16(2)29-24(28-15)30-14-18-13-25-7-6-21(30)23(18)26(25)8-9-27-22(25)11-17-4-5-19(31-3)12-20(17)26/h4-5,10,12,18,21-23,27H,6-9,11,13-14H2,1-3H3/t18-,21-,22-,23-,25-,26+/m1/s1. The minimum absolute atomic E-state index is 0.270. The Hall–Kier alpha value is -2.14. The van der Waals surface area contributed by atoms with Gasteiger partial charge in [0.1, 0.15) is 5.75 Å². The van der Waals surface area contributed by atoms with Gasteiger partial charge < -0.3 is 15.0 Å². The number of piperidine rings is 1. The highest BCUT2D eigenvalue weighted by Crippen LogP contribution is 2.74. The summed E-state index contributed by atoms with van der Waals surface area (Å²) in [5.74, 6) is 3.41. The quantitative estimate of drug-likeness (QED) is 0.811. The van der Waals surface area contributed by atoms with Gasteiger partial charge in [0.15, 0.2) is 0 Å². The number of hydrogen-bond donors (Lipinski definition) is 1. The van der Waals surface area contributed by atoms with E-state index in [2.05, 4.69) is 48.3 Å². The lowest BCUT2D eigenvalue weighted by molar-refractivity contribution is -0.0264. The average molecular weight is 417 g/mol. The van der Waals surface area contributed by atoms with Crippen LogP contribution in [0.3, 0.4) is 0 Å². The Morgan fingerprint density at radius 3 is 2.77 bits per heavy atom. The van der Waals surface area contributed by atoms with Gasteiger partial charge in [0.25, 0.3) is 0 Å². The fourth-order valence-electron chi connectivity index (χ4n) is 9.07. The number of anilines is 1. The summed E-state index contributed by atoms with van der Waals surface area (Å²) in [4.78, 5) is 12.4. The highest BCUT2D eigenvalue weighted by molar-refractivity contribution is 5.53. The van der Waals surface area contributed by atoms with E-state index >= 15 is 0 Å². The van der Waals surface area contributed by atoms with E-state index in [0.29, 0.717) is 23.4 Å². The Morgan fingerprint density at radius 1 is 1.13 bits per heavy atom. The zero-order valence-corrected chi connectivity index (χ0v) is 18.8. The molecule has 31 heavy (non-hydrogen) atoms. The van der Waals surface area contributed by atoms with E-state index in [1.807, 2.05) is 7.11 Å². The van der Waals surface area contributed by atoms with Gasteiger partial charge in [-0.15, -0.1) is 0 Å². The van der Waals surface area contributed by atoms with Crippen LogP contribution in [-0.4, -0.2) is 42.3 Å². The molecule has 0 amide bonds. The van der Waals surface area contributed by atoms with E-state index in [4.69, 9.17) is 14.7 Å². The van der Waals surface area contributed by atoms with E-state index in [1.54, 1.807) is 11.1 Å². The lowest BCUT2D eigenvalue weighted by atomic mass is 9.44. The number of rotatable bonds is 2. The highest BCUT2D eigenvalue weighted by Gasteiger charge is 2.75. The molecule has 0 spiro atoms. The van der Waals surface area contributed by atoms with E-state index in [0.717, 1.165) is 42.1 Å². The summed E-state index contributed by atoms with van der Waals surface area (Å²) in [6.45, 7) is 6.45. The molecule has 0 unspecified atom stereocenters. The largest absolute Gasteiger partial charge is 0.497 e. The van der Waals surface area contributed by atoms with Crippen LogP contribution in [0, 0.1) is 31.1 Å². The topological polar surface area (TPSA) is 50.3 Å². The molecule has 1 aromatic carbocycles. The Labute approximate surface area is 184 Å². The van der Waals surface area contributed by atoms with Crippen molar-refractivity contribution in [1.29, 1.82) is 0 Å². The fourth-order valence-corrected chi connectivity index (χ4v) is 9.07. The third kappa shape index (κ3) is 2.11. The normalized spacial score (nSPS) is 39.3. The molecule has 2 saturated carbocycles. The number of ether oxygens (including phenoxy) is 1. The molecule has 4 fully saturated rings. The van der Waals surface area contributed by atoms with Crippen LogP contribution in [0.15, 0.2) is 24.3 Å². The second-order valence-electron chi connectivity index (χ2n) is 10.8. The molecule has 2 aliphatic heterocycles. The van der Waals surface area contributed by atoms with Crippen molar-refractivity contribution in [2.45, 2.75) is 63.5 Å². The first-order valence-corrected chi connectivity index (χ1v) is 12.1. The summed E-state index contributed by atoms with van der Waals surface area (Å²) in [7, 11) is 1.81. The van der Waals surface area contributed by atoms with Crippen molar-refractivity contribution in [3.8, 4) is 5.75 Å². The first-order valence-electron chi connectivity index (χ1n) is 12.1. The third-order valence-electron chi connectivity index (χ3n) is 9.75. The maximum absolute atomic E-state index is 5.72. The number of aromatic nitrogens is 2. The zero-order valence-electron chi connectivity index (χ0n) is 18.8. The molecule has 5 heteroatoms. The molecule has 5 nitrogen and oxygen atoms in total. The van der Waals surface area contributed by atoms with Crippen molar-refractivity contribution in [3.05, 3.63) is 46.8 Å². The Kier molecular flexibility index (Phi) is 3.57. The molecule has 162 valence electrons. The highest BCUT2D eigenvalue weighted by atomic mass is 16.5. The molecule has 3 aliphatic carbocycles. The lowest BCUT2D eigenvalue weighted by Crippen LogP contribution is -2.69. The molecule has 2 aromatic rings. The second kappa shape index (κ2) is 6.00. The fraction of sp³-hybridized carbons (Fsp3) is 0.615. The molecular weight excluding hydrogens is 384 g/mol. The predicted molar refractivity (Wildman–Crippen MR) is 121 cm³/mol. The van der Waals surface area contributed by atoms with Crippen molar-refractivity contribution in [1.82, 2.24) is 15.3 Å². The summed E-state index contributed by atoms with van der Waals surface area (Å²) in [6, 6.07) is 10.2. The first-order chi connectivity index (χ1) is 15.1. The van der Waals surface area contributed by atoms with Crippen LogP contribution >= 0.6 is 0 Å². The molecule has 1 N–H and O–H groups in total. The van der Waals surface area contributed by atoms with Crippen LogP contribution in [0.2, 0.25) is 0 Å². The molecule has 6 atom stereocenters. The van der Waals surface area contributed by atoms with Crippen molar-refractivity contribution >= 4 is 5.95 Å². The van der Waals surface area contributed by atoms with Crippen molar-refractivity contribution < 1.29 is 4.74 Å². The number of methoxy groups -OCH3 is 1. The number of nitrogens with one attached hydrogen (secondary N) is 1. The van der Waals surface area contributed by atoms with Gasteiger partial charge in [-0.3, -0.25) is 0 Å². The summed E-state index contributed by atoms with van der Waals surface area (Å²) >= 11 is 0. The monoisotopic (exact) mass is 416 g/mol. The van der Waals surface area contributed by atoms with Gasteiger partial charge in [0.05, 0.1) is 7.11 Å². The molecule has 7 rings (SSSR count). The Morgan fingerprint density at radius 2 is 1.97 bits per heavy atom.